The highest BCUT2D eigenvalue weighted by atomic mass is 32.1. The van der Waals surface area contributed by atoms with Crippen LogP contribution in [-0.4, -0.2) is 11.6 Å². The first-order chi connectivity index (χ1) is 7.42. The molecular formula is C12H17NO2S. The van der Waals surface area contributed by atoms with E-state index in [2.05, 4.69) is 17.5 Å². The van der Waals surface area contributed by atoms with Crippen molar-refractivity contribution in [3.8, 4) is 0 Å². The Balaban J connectivity index is 2.70. The smallest absolute Gasteiger partial charge is 0.338 e. The summed E-state index contributed by atoms with van der Waals surface area (Å²) in [6, 6.07) is 7.27. The maximum atomic E-state index is 11.7. The highest BCUT2D eigenvalue weighted by Gasteiger charge is 2.17. The third-order valence-corrected chi connectivity index (χ3v) is 2.03. The van der Waals surface area contributed by atoms with Crippen LogP contribution < -0.4 is 4.72 Å². The van der Waals surface area contributed by atoms with Crippen LogP contribution in [0.25, 0.3) is 0 Å². The second-order valence-electron chi connectivity index (χ2n) is 4.53. The third kappa shape index (κ3) is 4.24. The van der Waals surface area contributed by atoms with Crippen molar-refractivity contribution in [2.24, 2.45) is 0 Å². The molecule has 1 N–H and O–H groups in total. The van der Waals surface area contributed by atoms with Crippen LogP contribution >= 0.6 is 12.8 Å². The monoisotopic (exact) mass is 239 g/mol. The van der Waals surface area contributed by atoms with Gasteiger partial charge in [-0.25, -0.2) is 4.79 Å². The number of carbonyl (C=O) groups excluding carboxylic acids is 1. The molecule has 88 valence electrons. The first kappa shape index (κ1) is 13.1. The second-order valence-corrected chi connectivity index (χ2v) is 4.85. The van der Waals surface area contributed by atoms with Crippen LogP contribution in [-0.2, 0) is 11.3 Å². The third-order valence-electron chi connectivity index (χ3n) is 1.87. The average Bonchev–Trinajstić information content (AvgIpc) is 2.16. The number of rotatable bonds is 3. The Kier molecular flexibility index (Phi) is 4.38. The van der Waals surface area contributed by atoms with Crippen LogP contribution in [0.4, 0.5) is 0 Å². The molecule has 1 aromatic rings. The van der Waals surface area contributed by atoms with Crippen molar-refractivity contribution in [1.29, 1.82) is 0 Å². The Hall–Kier alpha value is -1.00. The van der Waals surface area contributed by atoms with Gasteiger partial charge in [0.15, 0.2) is 0 Å². The number of hydrogen-bond acceptors (Lipinski definition) is 4. The van der Waals surface area contributed by atoms with Gasteiger partial charge in [0.05, 0.1) is 5.56 Å². The molecule has 0 aliphatic carbocycles. The Morgan fingerprint density at radius 3 is 2.31 bits per heavy atom. The molecule has 1 aromatic carbocycles. The number of carbonyl (C=O) groups is 1. The Morgan fingerprint density at radius 2 is 1.88 bits per heavy atom. The summed E-state index contributed by atoms with van der Waals surface area (Å²) in [6.45, 7) is 6.22. The molecule has 0 saturated carbocycles. The zero-order valence-electron chi connectivity index (χ0n) is 9.78. The molecule has 0 radical (unpaired) electrons. The molecule has 0 spiro atoms. The van der Waals surface area contributed by atoms with Crippen molar-refractivity contribution >= 4 is 18.8 Å². The van der Waals surface area contributed by atoms with E-state index in [-0.39, 0.29) is 5.97 Å². The summed E-state index contributed by atoms with van der Waals surface area (Å²) >= 11 is 3.91. The first-order valence-electron chi connectivity index (χ1n) is 5.11. The normalized spacial score (nSPS) is 11.2. The molecule has 0 aliphatic heterocycles. The van der Waals surface area contributed by atoms with E-state index in [9.17, 15) is 4.79 Å². The average molecular weight is 239 g/mol. The quantitative estimate of drug-likeness (QED) is 0.629. The molecule has 0 saturated heterocycles. The molecule has 0 atom stereocenters. The van der Waals surface area contributed by atoms with Crippen molar-refractivity contribution < 1.29 is 9.53 Å². The summed E-state index contributed by atoms with van der Waals surface area (Å²) in [5.41, 5.74) is 1.18. The molecule has 1 rings (SSSR count). The van der Waals surface area contributed by atoms with E-state index in [0.29, 0.717) is 12.1 Å². The van der Waals surface area contributed by atoms with Crippen LogP contribution in [0, 0.1) is 0 Å². The number of ether oxygens (including phenoxy) is 1. The highest BCUT2D eigenvalue weighted by molar-refractivity contribution is 7.78. The molecule has 0 bridgehead atoms. The van der Waals surface area contributed by atoms with Crippen molar-refractivity contribution in [3.63, 3.8) is 0 Å². The molecule has 0 aliphatic rings. The molecule has 0 unspecified atom stereocenters. The Morgan fingerprint density at radius 1 is 1.31 bits per heavy atom. The van der Waals surface area contributed by atoms with Crippen molar-refractivity contribution in [3.05, 3.63) is 35.4 Å². The minimum Gasteiger partial charge on any atom is -0.456 e. The second kappa shape index (κ2) is 5.37. The fourth-order valence-electron chi connectivity index (χ4n) is 1.19. The standard InChI is InChI=1S/C12H17NO2S/c1-12(2,3)15-11(14)10-6-4-9(5-7-10)8-13-16/h4-7,13,16H,8H2,1-3H3. The van der Waals surface area contributed by atoms with Gasteiger partial charge in [-0.15, -0.1) is 0 Å². The van der Waals surface area contributed by atoms with Gasteiger partial charge in [-0.2, -0.15) is 0 Å². The number of nitrogens with one attached hydrogen (secondary N) is 1. The van der Waals surface area contributed by atoms with Gasteiger partial charge in [0.1, 0.15) is 5.60 Å². The van der Waals surface area contributed by atoms with Crippen LogP contribution in [0.5, 0.6) is 0 Å². The summed E-state index contributed by atoms with van der Waals surface area (Å²) in [4.78, 5) is 11.7. The summed E-state index contributed by atoms with van der Waals surface area (Å²) < 4.78 is 8.00. The van der Waals surface area contributed by atoms with E-state index in [1.807, 2.05) is 32.9 Å². The van der Waals surface area contributed by atoms with Gasteiger partial charge in [-0.1, -0.05) is 24.9 Å². The Labute approximate surface area is 102 Å². The van der Waals surface area contributed by atoms with Gasteiger partial charge in [0, 0.05) is 6.54 Å². The lowest BCUT2D eigenvalue weighted by molar-refractivity contribution is 0.00695. The van der Waals surface area contributed by atoms with E-state index < -0.39 is 5.60 Å². The van der Waals surface area contributed by atoms with Crippen molar-refractivity contribution in [1.82, 2.24) is 4.72 Å². The lowest BCUT2D eigenvalue weighted by atomic mass is 10.1. The maximum Gasteiger partial charge on any atom is 0.338 e. The maximum absolute atomic E-state index is 11.7. The minimum atomic E-state index is -0.456. The zero-order valence-corrected chi connectivity index (χ0v) is 10.7. The van der Waals surface area contributed by atoms with Crippen LogP contribution in [0.3, 0.4) is 0 Å². The molecule has 0 amide bonds. The summed E-state index contributed by atoms with van der Waals surface area (Å²) in [7, 11) is 0. The molecule has 0 fully saturated rings. The Bertz CT molecular complexity index is 354. The number of thiol groups is 1. The number of esters is 1. The molecule has 3 nitrogen and oxygen atoms in total. The fraction of sp³-hybridized carbons (Fsp3) is 0.417. The summed E-state index contributed by atoms with van der Waals surface area (Å²) in [6.07, 6.45) is 0. The van der Waals surface area contributed by atoms with E-state index in [1.165, 1.54) is 0 Å². The predicted octanol–water partition coefficient (Wildman–Crippen LogP) is 2.58. The highest BCUT2D eigenvalue weighted by Crippen LogP contribution is 2.12. The molecule has 4 heteroatoms. The van der Waals surface area contributed by atoms with Crippen molar-refractivity contribution in [2.75, 3.05) is 0 Å². The molecule has 0 aromatic heterocycles. The largest absolute Gasteiger partial charge is 0.456 e. The van der Waals surface area contributed by atoms with Gasteiger partial charge in [-0.05, 0) is 38.5 Å². The van der Waals surface area contributed by atoms with Crippen LogP contribution in [0.15, 0.2) is 24.3 Å². The summed E-state index contributed by atoms with van der Waals surface area (Å²) in [5.74, 6) is -0.294. The van der Waals surface area contributed by atoms with Gasteiger partial charge < -0.3 is 4.74 Å². The van der Waals surface area contributed by atoms with Crippen LogP contribution in [0.2, 0.25) is 0 Å². The van der Waals surface area contributed by atoms with E-state index in [1.54, 1.807) is 12.1 Å². The first-order valence-corrected chi connectivity index (χ1v) is 5.56. The number of benzene rings is 1. The molecular weight excluding hydrogens is 222 g/mol. The lowest BCUT2D eigenvalue weighted by Crippen LogP contribution is -2.23. The topological polar surface area (TPSA) is 38.3 Å². The predicted molar refractivity (Wildman–Crippen MR) is 67.4 cm³/mol. The van der Waals surface area contributed by atoms with E-state index in [0.717, 1.165) is 5.56 Å². The van der Waals surface area contributed by atoms with E-state index in [4.69, 9.17) is 4.74 Å². The van der Waals surface area contributed by atoms with Gasteiger partial charge in [0.2, 0.25) is 0 Å². The SMILES string of the molecule is CC(C)(C)OC(=O)c1ccc(CNS)cc1. The molecule has 16 heavy (non-hydrogen) atoms. The minimum absolute atomic E-state index is 0.294. The lowest BCUT2D eigenvalue weighted by Gasteiger charge is -2.19. The fourth-order valence-corrected chi connectivity index (χ4v) is 1.37. The van der Waals surface area contributed by atoms with Crippen molar-refractivity contribution in [2.45, 2.75) is 32.9 Å². The number of hydrogen-bond donors (Lipinski definition) is 2. The van der Waals surface area contributed by atoms with E-state index >= 15 is 0 Å². The zero-order chi connectivity index (χ0) is 12.2. The van der Waals surface area contributed by atoms with Gasteiger partial charge >= 0.3 is 5.97 Å². The van der Waals surface area contributed by atoms with Gasteiger partial charge in [-0.3, -0.25) is 4.72 Å². The van der Waals surface area contributed by atoms with Crippen LogP contribution in [0.1, 0.15) is 36.7 Å². The van der Waals surface area contributed by atoms with Gasteiger partial charge in [0.25, 0.3) is 0 Å². The summed E-state index contributed by atoms with van der Waals surface area (Å²) in [5, 5.41) is 0. The molecule has 0 heterocycles.